The first-order valence-electron chi connectivity index (χ1n) is 6.08. The zero-order valence-electron chi connectivity index (χ0n) is 11.4. The topological polar surface area (TPSA) is 59.6 Å². The lowest BCUT2D eigenvalue weighted by Gasteiger charge is -2.14. The Hall–Kier alpha value is -1.73. The molecule has 0 bridgehead atoms. The van der Waals surface area contributed by atoms with Crippen molar-refractivity contribution in [2.75, 3.05) is 32.1 Å². The maximum absolute atomic E-state index is 12.3. The second-order valence-electron chi connectivity index (χ2n) is 4.04. The third-order valence-electron chi connectivity index (χ3n) is 2.48. The van der Waals surface area contributed by atoms with E-state index in [2.05, 4.69) is 15.4 Å². The van der Waals surface area contributed by atoms with E-state index in [1.807, 2.05) is 0 Å². The van der Waals surface area contributed by atoms with Gasteiger partial charge in [0.05, 0.1) is 18.8 Å². The van der Waals surface area contributed by atoms with Crippen LogP contribution < -0.4 is 15.4 Å². The van der Waals surface area contributed by atoms with Crippen LogP contribution in [0.1, 0.15) is 5.56 Å². The Bertz CT molecular complexity index is 442. The van der Waals surface area contributed by atoms with E-state index in [-0.39, 0.29) is 23.9 Å². The van der Waals surface area contributed by atoms with Crippen LogP contribution in [0.2, 0.25) is 0 Å². The molecule has 5 nitrogen and oxygen atoms in total. The van der Waals surface area contributed by atoms with Crippen LogP contribution in [0.3, 0.4) is 0 Å². The van der Waals surface area contributed by atoms with E-state index in [0.717, 1.165) is 0 Å². The van der Waals surface area contributed by atoms with Gasteiger partial charge in [0.1, 0.15) is 5.75 Å². The molecule has 0 aliphatic heterocycles. The number of aryl methyl sites for hydroxylation is 1. The Morgan fingerprint density at radius 3 is 2.80 bits per heavy atom. The minimum Gasteiger partial charge on any atom is -0.433 e. The summed E-state index contributed by atoms with van der Waals surface area (Å²) in [5.41, 5.74) is 0.903. The first-order valence-corrected chi connectivity index (χ1v) is 6.08. The van der Waals surface area contributed by atoms with Gasteiger partial charge < -0.3 is 20.1 Å². The lowest BCUT2D eigenvalue weighted by molar-refractivity contribution is -0.115. The van der Waals surface area contributed by atoms with E-state index in [0.29, 0.717) is 18.7 Å². The lowest BCUT2D eigenvalue weighted by atomic mass is 10.2. The number of methoxy groups -OCH3 is 1. The molecule has 0 aliphatic rings. The predicted octanol–water partition coefficient (Wildman–Crippen LogP) is 1.77. The van der Waals surface area contributed by atoms with Gasteiger partial charge in [-0.2, -0.15) is 8.78 Å². The fraction of sp³-hybridized carbons (Fsp3) is 0.462. The zero-order valence-corrected chi connectivity index (χ0v) is 11.4. The second-order valence-corrected chi connectivity index (χ2v) is 4.04. The van der Waals surface area contributed by atoms with Crippen molar-refractivity contribution in [1.29, 1.82) is 0 Å². The van der Waals surface area contributed by atoms with Gasteiger partial charge in [0, 0.05) is 13.7 Å². The van der Waals surface area contributed by atoms with Gasteiger partial charge >= 0.3 is 6.61 Å². The molecular weight excluding hydrogens is 270 g/mol. The summed E-state index contributed by atoms with van der Waals surface area (Å²) in [5.74, 6) is -0.389. The summed E-state index contributed by atoms with van der Waals surface area (Å²) >= 11 is 0. The van der Waals surface area contributed by atoms with Gasteiger partial charge in [0.15, 0.2) is 0 Å². The number of hydrogen-bond donors (Lipinski definition) is 2. The number of hydrogen-bond acceptors (Lipinski definition) is 4. The van der Waals surface area contributed by atoms with Crippen LogP contribution in [-0.4, -0.2) is 39.3 Å². The molecular formula is C13H18F2N2O3. The molecule has 20 heavy (non-hydrogen) atoms. The van der Waals surface area contributed by atoms with Crippen molar-refractivity contribution in [3.8, 4) is 5.75 Å². The fourth-order valence-electron chi connectivity index (χ4n) is 1.55. The molecule has 1 rings (SSSR count). The third kappa shape index (κ3) is 5.50. The van der Waals surface area contributed by atoms with E-state index >= 15 is 0 Å². The van der Waals surface area contributed by atoms with Gasteiger partial charge in [-0.25, -0.2) is 0 Å². The normalized spacial score (nSPS) is 10.7. The number of carbonyl (C=O) groups excluding carboxylic acids is 1. The first kappa shape index (κ1) is 16.3. The summed E-state index contributed by atoms with van der Waals surface area (Å²) in [6.45, 7) is -0.166. The Morgan fingerprint density at radius 2 is 2.15 bits per heavy atom. The number of anilines is 1. The standard InChI is InChI=1S/C13H18F2N2O3/c1-9-4-3-5-10(20-13(14)15)12(9)17-11(18)8-16-6-7-19-2/h3-5,13,16H,6-8H2,1-2H3,(H,17,18). The Balaban J connectivity index is 2.63. The van der Waals surface area contributed by atoms with Crippen molar-refractivity contribution in [3.05, 3.63) is 23.8 Å². The quantitative estimate of drug-likeness (QED) is 0.716. The molecule has 0 spiro atoms. The molecule has 0 aliphatic carbocycles. The highest BCUT2D eigenvalue weighted by Gasteiger charge is 2.13. The van der Waals surface area contributed by atoms with Gasteiger partial charge in [-0.1, -0.05) is 12.1 Å². The molecule has 0 radical (unpaired) electrons. The van der Waals surface area contributed by atoms with Crippen molar-refractivity contribution in [2.45, 2.75) is 13.5 Å². The van der Waals surface area contributed by atoms with Crippen LogP contribution >= 0.6 is 0 Å². The Labute approximate surface area is 116 Å². The molecule has 1 aromatic rings. The van der Waals surface area contributed by atoms with Gasteiger partial charge in [-0.05, 0) is 18.6 Å². The molecule has 0 unspecified atom stereocenters. The van der Waals surface area contributed by atoms with Crippen LogP contribution in [0.5, 0.6) is 5.75 Å². The fourth-order valence-corrected chi connectivity index (χ4v) is 1.55. The highest BCUT2D eigenvalue weighted by atomic mass is 19.3. The maximum Gasteiger partial charge on any atom is 0.387 e. The highest BCUT2D eigenvalue weighted by Crippen LogP contribution is 2.29. The lowest BCUT2D eigenvalue weighted by Crippen LogP contribution is -2.30. The van der Waals surface area contributed by atoms with E-state index < -0.39 is 6.61 Å². The summed E-state index contributed by atoms with van der Waals surface area (Å²) in [4.78, 5) is 11.7. The zero-order chi connectivity index (χ0) is 15.0. The minimum atomic E-state index is -2.94. The van der Waals surface area contributed by atoms with Gasteiger partial charge in [0.25, 0.3) is 0 Å². The molecule has 1 aromatic carbocycles. The number of nitrogens with one attached hydrogen (secondary N) is 2. The van der Waals surface area contributed by atoms with Crippen molar-refractivity contribution in [3.63, 3.8) is 0 Å². The first-order chi connectivity index (χ1) is 9.54. The van der Waals surface area contributed by atoms with E-state index in [9.17, 15) is 13.6 Å². The average molecular weight is 288 g/mol. The van der Waals surface area contributed by atoms with Crippen LogP contribution in [0.25, 0.3) is 0 Å². The van der Waals surface area contributed by atoms with Crippen molar-refractivity contribution < 1.29 is 23.0 Å². The van der Waals surface area contributed by atoms with Gasteiger partial charge in [-0.3, -0.25) is 4.79 Å². The highest BCUT2D eigenvalue weighted by molar-refractivity contribution is 5.94. The van der Waals surface area contributed by atoms with Crippen LogP contribution in [0, 0.1) is 6.92 Å². The Kier molecular flexibility index (Phi) is 6.89. The summed E-state index contributed by atoms with van der Waals surface area (Å²) in [6, 6.07) is 4.67. The molecule has 0 saturated heterocycles. The molecule has 112 valence electrons. The maximum atomic E-state index is 12.3. The van der Waals surface area contributed by atoms with E-state index in [1.54, 1.807) is 26.2 Å². The number of ether oxygens (including phenoxy) is 2. The number of para-hydroxylation sites is 1. The average Bonchev–Trinajstić information content (AvgIpc) is 2.38. The van der Waals surface area contributed by atoms with Crippen molar-refractivity contribution >= 4 is 11.6 Å². The van der Waals surface area contributed by atoms with Crippen molar-refractivity contribution in [2.24, 2.45) is 0 Å². The summed E-state index contributed by atoms with van der Waals surface area (Å²) in [6.07, 6.45) is 0. The summed E-state index contributed by atoms with van der Waals surface area (Å²) in [5, 5.41) is 5.42. The smallest absolute Gasteiger partial charge is 0.387 e. The summed E-state index contributed by atoms with van der Waals surface area (Å²) in [7, 11) is 1.56. The SMILES string of the molecule is COCCNCC(=O)Nc1c(C)cccc1OC(F)F. The molecule has 0 aromatic heterocycles. The van der Waals surface area contributed by atoms with E-state index in [1.165, 1.54) is 6.07 Å². The Morgan fingerprint density at radius 1 is 1.40 bits per heavy atom. The minimum absolute atomic E-state index is 0.0507. The molecule has 2 N–H and O–H groups in total. The molecule has 0 saturated carbocycles. The predicted molar refractivity (Wildman–Crippen MR) is 71.2 cm³/mol. The molecule has 0 fully saturated rings. The van der Waals surface area contributed by atoms with E-state index in [4.69, 9.17) is 4.74 Å². The van der Waals surface area contributed by atoms with Crippen LogP contribution in [-0.2, 0) is 9.53 Å². The third-order valence-corrected chi connectivity index (χ3v) is 2.48. The number of halogens is 2. The number of rotatable bonds is 8. The molecule has 0 atom stereocenters. The van der Waals surface area contributed by atoms with Gasteiger partial charge in [0.2, 0.25) is 5.91 Å². The largest absolute Gasteiger partial charge is 0.433 e. The monoisotopic (exact) mass is 288 g/mol. The van der Waals surface area contributed by atoms with Crippen LogP contribution in [0.15, 0.2) is 18.2 Å². The summed E-state index contributed by atoms with van der Waals surface area (Å²) < 4.78 is 33.8. The second kappa shape index (κ2) is 8.44. The number of carbonyl (C=O) groups is 1. The van der Waals surface area contributed by atoms with Crippen molar-refractivity contribution in [1.82, 2.24) is 5.32 Å². The number of amides is 1. The molecule has 7 heteroatoms. The number of benzene rings is 1. The van der Waals surface area contributed by atoms with Crippen LogP contribution in [0.4, 0.5) is 14.5 Å². The molecule has 0 heterocycles. The molecule has 1 amide bonds. The van der Waals surface area contributed by atoms with Gasteiger partial charge in [-0.15, -0.1) is 0 Å². The number of alkyl halides is 2.